The van der Waals surface area contributed by atoms with E-state index in [-0.39, 0.29) is 11.0 Å². The van der Waals surface area contributed by atoms with Gasteiger partial charge in [-0.05, 0) is 43.7 Å². The third-order valence-electron chi connectivity index (χ3n) is 3.93. The number of nitriles is 1. The Morgan fingerprint density at radius 1 is 1.17 bits per heavy atom. The van der Waals surface area contributed by atoms with Crippen molar-refractivity contribution in [2.45, 2.75) is 65.2 Å². The Labute approximate surface area is 143 Å². The molecular weight excluding hydrogens is 312 g/mol. The number of aromatic nitrogens is 2. The molecule has 2 aliphatic carbocycles. The minimum absolute atomic E-state index is 0.106. The van der Waals surface area contributed by atoms with Crippen molar-refractivity contribution >= 4 is 17.5 Å². The first kappa shape index (κ1) is 19.4. The lowest BCUT2D eigenvalue weighted by molar-refractivity contribution is 0.0994. The lowest BCUT2D eigenvalue weighted by Gasteiger charge is -2.13. The van der Waals surface area contributed by atoms with Crippen LogP contribution >= 0.6 is 11.6 Å². The summed E-state index contributed by atoms with van der Waals surface area (Å²) >= 11 is 5.64. The van der Waals surface area contributed by atoms with Crippen LogP contribution in [0.1, 0.15) is 74.1 Å². The molecule has 0 bridgehead atoms. The van der Waals surface area contributed by atoms with Gasteiger partial charge in [-0.3, -0.25) is 4.79 Å². The number of primary amides is 1. The Balaban J connectivity index is 0.000000228. The molecule has 2 N–H and O–H groups in total. The second-order valence-electron chi connectivity index (χ2n) is 5.45. The maximum absolute atomic E-state index is 11.0. The molecule has 23 heavy (non-hydrogen) atoms. The van der Waals surface area contributed by atoms with Gasteiger partial charge in [-0.15, -0.1) is 0 Å². The number of fused-ring (bicyclic) bond motifs is 1. The second-order valence-corrected chi connectivity index (χ2v) is 5.79. The third kappa shape index (κ3) is 5.80. The average molecular weight is 337 g/mol. The van der Waals surface area contributed by atoms with Crippen molar-refractivity contribution in [3.63, 3.8) is 0 Å². The van der Waals surface area contributed by atoms with Crippen LogP contribution in [-0.2, 0) is 12.8 Å². The highest BCUT2D eigenvalue weighted by Crippen LogP contribution is 2.23. The fraction of sp³-hybridized carbons (Fsp3) is 0.647. The molecule has 2 aliphatic rings. The van der Waals surface area contributed by atoms with Crippen LogP contribution in [0.4, 0.5) is 0 Å². The van der Waals surface area contributed by atoms with E-state index in [1.807, 2.05) is 13.8 Å². The maximum Gasteiger partial charge on any atom is 0.267 e. The normalized spacial score (nSPS) is 16.1. The van der Waals surface area contributed by atoms with E-state index < -0.39 is 5.91 Å². The molecule has 0 unspecified atom stereocenters. The monoisotopic (exact) mass is 336 g/mol. The van der Waals surface area contributed by atoms with Gasteiger partial charge in [-0.2, -0.15) is 5.26 Å². The number of carbonyl (C=O) groups is 1. The van der Waals surface area contributed by atoms with Crippen molar-refractivity contribution in [1.82, 2.24) is 9.97 Å². The molecule has 126 valence electrons. The molecule has 0 aliphatic heterocycles. The molecule has 0 radical (unpaired) electrons. The summed E-state index contributed by atoms with van der Waals surface area (Å²) in [5, 5.41) is 8.55. The van der Waals surface area contributed by atoms with E-state index in [9.17, 15) is 4.79 Å². The van der Waals surface area contributed by atoms with E-state index >= 15 is 0 Å². The van der Waals surface area contributed by atoms with Crippen molar-refractivity contribution in [1.29, 1.82) is 5.26 Å². The largest absolute Gasteiger partial charge is 0.364 e. The molecule has 0 aromatic carbocycles. The number of hydrogen-bond donors (Lipinski definition) is 1. The van der Waals surface area contributed by atoms with Crippen LogP contribution in [0.2, 0.25) is 5.28 Å². The summed E-state index contributed by atoms with van der Waals surface area (Å²) in [6.07, 6.45) is 8.87. The Morgan fingerprint density at radius 3 is 2.35 bits per heavy atom. The van der Waals surface area contributed by atoms with E-state index in [0.717, 1.165) is 43.4 Å². The summed E-state index contributed by atoms with van der Waals surface area (Å²) in [6, 6.07) is 2.30. The molecule has 0 spiro atoms. The van der Waals surface area contributed by atoms with Crippen LogP contribution in [0.15, 0.2) is 0 Å². The SMILES string of the molecule is CC.N#CC1CCCCC1.NC(=O)c1nc(Cl)nc2c1CCC2. The Bertz CT molecular complexity index is 562. The number of aryl methyl sites for hydroxylation is 1. The van der Waals surface area contributed by atoms with Gasteiger partial charge in [-0.1, -0.05) is 33.1 Å². The van der Waals surface area contributed by atoms with E-state index in [2.05, 4.69) is 16.0 Å². The smallest absolute Gasteiger partial charge is 0.267 e. The number of nitrogens with zero attached hydrogens (tertiary/aromatic N) is 3. The van der Waals surface area contributed by atoms with Gasteiger partial charge < -0.3 is 5.73 Å². The highest BCUT2D eigenvalue weighted by atomic mass is 35.5. The topological polar surface area (TPSA) is 92.7 Å². The summed E-state index contributed by atoms with van der Waals surface area (Å²) in [4.78, 5) is 18.9. The lowest BCUT2D eigenvalue weighted by atomic mass is 9.91. The van der Waals surface area contributed by atoms with Crippen LogP contribution in [0, 0.1) is 17.2 Å². The number of hydrogen-bond acceptors (Lipinski definition) is 4. The maximum atomic E-state index is 11.0. The van der Waals surface area contributed by atoms with Crippen LogP contribution in [0.25, 0.3) is 0 Å². The van der Waals surface area contributed by atoms with Gasteiger partial charge in [0.15, 0.2) is 0 Å². The molecule has 1 aromatic heterocycles. The molecule has 1 aromatic rings. The average Bonchev–Trinajstić information content (AvgIpc) is 3.05. The number of rotatable bonds is 1. The zero-order chi connectivity index (χ0) is 17.2. The Kier molecular flexibility index (Phi) is 8.57. The summed E-state index contributed by atoms with van der Waals surface area (Å²) in [5.74, 6) is -0.133. The molecule has 1 fully saturated rings. The van der Waals surface area contributed by atoms with Crippen molar-refractivity contribution in [2.75, 3.05) is 0 Å². The molecule has 1 amide bonds. The second kappa shape index (κ2) is 10.2. The van der Waals surface area contributed by atoms with Crippen molar-refractivity contribution in [3.8, 4) is 6.07 Å². The molecule has 3 rings (SSSR count). The van der Waals surface area contributed by atoms with Gasteiger partial charge in [0.1, 0.15) is 5.69 Å². The van der Waals surface area contributed by atoms with E-state index in [1.54, 1.807) is 0 Å². The standard InChI is InChI=1S/C8H8ClN3O.C7H11N.C2H6/c9-8-11-5-3-1-2-4(5)6(12-8)7(10)13;8-6-7-4-2-1-3-5-7;1-2/h1-3H2,(H2,10,13);7H,1-5H2;1-2H3. The molecule has 1 heterocycles. The predicted molar refractivity (Wildman–Crippen MR) is 91.1 cm³/mol. The summed E-state index contributed by atoms with van der Waals surface area (Å²) < 4.78 is 0. The fourth-order valence-corrected chi connectivity index (χ4v) is 3.02. The first-order valence-electron chi connectivity index (χ1n) is 8.36. The quantitative estimate of drug-likeness (QED) is 0.788. The van der Waals surface area contributed by atoms with Gasteiger partial charge in [-0.25, -0.2) is 9.97 Å². The van der Waals surface area contributed by atoms with Gasteiger partial charge in [0.05, 0.1) is 6.07 Å². The van der Waals surface area contributed by atoms with Crippen LogP contribution < -0.4 is 5.73 Å². The molecule has 1 saturated carbocycles. The van der Waals surface area contributed by atoms with E-state index in [1.165, 1.54) is 19.3 Å². The number of amides is 1. The summed E-state index contributed by atoms with van der Waals surface area (Å²) in [5.41, 5.74) is 7.19. The third-order valence-corrected chi connectivity index (χ3v) is 4.10. The number of carbonyl (C=O) groups excluding carboxylic acids is 1. The first-order chi connectivity index (χ1) is 11.1. The minimum atomic E-state index is -0.526. The molecule has 0 saturated heterocycles. The van der Waals surface area contributed by atoms with E-state index in [0.29, 0.717) is 5.92 Å². The molecule has 6 heteroatoms. The molecule has 5 nitrogen and oxygen atoms in total. The van der Waals surface area contributed by atoms with Gasteiger partial charge in [0, 0.05) is 17.2 Å². The summed E-state index contributed by atoms with van der Waals surface area (Å²) in [7, 11) is 0. The van der Waals surface area contributed by atoms with Gasteiger partial charge >= 0.3 is 0 Å². The van der Waals surface area contributed by atoms with Gasteiger partial charge in [0.25, 0.3) is 5.91 Å². The zero-order valence-corrected chi connectivity index (χ0v) is 14.7. The summed E-state index contributed by atoms with van der Waals surface area (Å²) in [6.45, 7) is 4.00. The van der Waals surface area contributed by atoms with Crippen LogP contribution in [0.5, 0.6) is 0 Å². The fourth-order valence-electron chi connectivity index (χ4n) is 2.84. The van der Waals surface area contributed by atoms with Crippen molar-refractivity contribution in [2.24, 2.45) is 11.7 Å². The Hall–Kier alpha value is -1.67. The van der Waals surface area contributed by atoms with Crippen molar-refractivity contribution < 1.29 is 4.79 Å². The highest BCUT2D eigenvalue weighted by molar-refractivity contribution is 6.28. The predicted octanol–water partition coefficient (Wildman–Crippen LogP) is 3.83. The highest BCUT2D eigenvalue weighted by Gasteiger charge is 2.21. The number of nitrogens with two attached hydrogens (primary N) is 1. The molecular formula is C17H25ClN4O. The lowest BCUT2D eigenvalue weighted by Crippen LogP contribution is -2.16. The van der Waals surface area contributed by atoms with Crippen molar-refractivity contribution in [3.05, 3.63) is 22.2 Å². The van der Waals surface area contributed by atoms with Gasteiger partial charge in [0.2, 0.25) is 5.28 Å². The number of halogens is 1. The van der Waals surface area contributed by atoms with E-state index in [4.69, 9.17) is 22.6 Å². The van der Waals surface area contributed by atoms with Crippen LogP contribution in [-0.4, -0.2) is 15.9 Å². The minimum Gasteiger partial charge on any atom is -0.364 e. The molecule has 0 atom stereocenters. The van der Waals surface area contributed by atoms with Crippen LogP contribution in [0.3, 0.4) is 0 Å². The zero-order valence-electron chi connectivity index (χ0n) is 13.9. The Morgan fingerprint density at radius 2 is 1.83 bits per heavy atom. The first-order valence-corrected chi connectivity index (χ1v) is 8.74.